The number of carboxylic acid groups (broad SMARTS) is 1. The van der Waals surface area contributed by atoms with Crippen LogP contribution in [-0.2, 0) is 24.7 Å². The molecule has 0 saturated heterocycles. The number of hydrogen-bond acceptors (Lipinski definition) is 5. The van der Waals surface area contributed by atoms with E-state index in [0.717, 1.165) is 10.1 Å². The fraction of sp³-hybridized carbons (Fsp3) is 0.214. The molecule has 0 aliphatic rings. The van der Waals surface area contributed by atoms with Gasteiger partial charge in [-0.2, -0.15) is 0 Å². The van der Waals surface area contributed by atoms with Crippen LogP contribution in [0.3, 0.4) is 0 Å². The molecule has 4 aromatic rings. The van der Waals surface area contributed by atoms with Crippen molar-refractivity contribution in [3.05, 3.63) is 102 Å². The molecule has 0 fully saturated rings. The Kier molecular flexibility index (Phi) is 8.13. The molecule has 1 heterocycles. The van der Waals surface area contributed by atoms with Crippen molar-refractivity contribution in [3.63, 3.8) is 0 Å². The van der Waals surface area contributed by atoms with Gasteiger partial charge in [0.05, 0.1) is 37.9 Å². The van der Waals surface area contributed by atoms with E-state index in [1.165, 1.54) is 16.7 Å². The second-order valence-electron chi connectivity index (χ2n) is 8.91. The molecule has 3 N–H and O–H groups in total. The van der Waals surface area contributed by atoms with Crippen LogP contribution in [0.15, 0.2) is 64.2 Å². The molecule has 0 aliphatic carbocycles. The average molecular weight is 569 g/mol. The highest BCUT2D eigenvalue weighted by Gasteiger charge is 2.24. The second kappa shape index (κ2) is 11.3. The summed E-state index contributed by atoms with van der Waals surface area (Å²) in [6.45, 7) is 1.98. The topological polar surface area (TPSA) is 122 Å². The van der Waals surface area contributed by atoms with Crippen LogP contribution < -0.4 is 21.9 Å². The van der Waals surface area contributed by atoms with Crippen molar-refractivity contribution in [1.29, 1.82) is 0 Å². The Morgan fingerprint density at radius 2 is 1.64 bits per heavy atom. The van der Waals surface area contributed by atoms with Gasteiger partial charge in [0.15, 0.2) is 0 Å². The number of nitrogens with one attached hydrogen (secondary N) is 2. The third-order valence-electron chi connectivity index (χ3n) is 6.58. The summed E-state index contributed by atoms with van der Waals surface area (Å²) in [5.74, 6) is -1.96. The van der Waals surface area contributed by atoms with Crippen molar-refractivity contribution < 1.29 is 14.7 Å². The molecule has 0 unspecified atom stereocenters. The zero-order valence-corrected chi connectivity index (χ0v) is 22.9. The molecule has 1 amide bonds. The Morgan fingerprint density at radius 1 is 1.00 bits per heavy atom. The Bertz CT molecular complexity index is 1690. The van der Waals surface area contributed by atoms with Crippen molar-refractivity contribution in [1.82, 2.24) is 14.5 Å². The monoisotopic (exact) mass is 568 g/mol. The number of benzene rings is 3. The highest BCUT2D eigenvalue weighted by atomic mass is 35.5. The number of aliphatic carboxylic acids is 1. The summed E-state index contributed by atoms with van der Waals surface area (Å²) < 4.78 is 2.50. The van der Waals surface area contributed by atoms with E-state index < -0.39 is 29.2 Å². The number of amides is 1. The van der Waals surface area contributed by atoms with Gasteiger partial charge in [0.2, 0.25) is 0 Å². The second-order valence-corrected chi connectivity index (χ2v) is 9.73. The number of halogens is 2. The third-order valence-corrected chi connectivity index (χ3v) is 7.21. The fourth-order valence-electron chi connectivity index (χ4n) is 4.55. The predicted octanol–water partition coefficient (Wildman–Crippen LogP) is 4.03. The molecule has 202 valence electrons. The first-order chi connectivity index (χ1) is 18.6. The van der Waals surface area contributed by atoms with E-state index in [0.29, 0.717) is 34.3 Å². The molecule has 1 aromatic heterocycles. The quantitative estimate of drug-likeness (QED) is 0.295. The Balaban J connectivity index is 1.68. The van der Waals surface area contributed by atoms with Crippen molar-refractivity contribution >= 4 is 51.7 Å². The molecule has 39 heavy (non-hydrogen) atoms. The normalized spacial score (nSPS) is 11.8. The summed E-state index contributed by atoms with van der Waals surface area (Å²) in [7, 11) is 3.33. The lowest BCUT2D eigenvalue weighted by Gasteiger charge is -2.17. The van der Waals surface area contributed by atoms with Crippen LogP contribution in [0.1, 0.15) is 28.4 Å². The molecule has 0 saturated carbocycles. The van der Waals surface area contributed by atoms with E-state index in [9.17, 15) is 24.3 Å². The van der Waals surface area contributed by atoms with E-state index in [1.54, 1.807) is 50.5 Å². The Labute approximate surface area is 233 Å². The van der Waals surface area contributed by atoms with Gasteiger partial charge in [0.1, 0.15) is 6.04 Å². The standard InChI is InChI=1S/C28H26Cl2N4O5/c1-4-16-10-13-21-23(24(16)31-2)26(36)34(28(39)33(21)3)17-11-8-15(9-12-17)14-20(27(37)38)32-25(35)22-18(29)6-5-7-19(22)30/h5-13,20,31H,4,14H2,1-3H3,(H,32,35)(H,37,38)/t20-/m0/s1. The molecule has 0 aliphatic heterocycles. The van der Waals surface area contributed by atoms with Gasteiger partial charge in [0, 0.05) is 20.5 Å². The van der Waals surface area contributed by atoms with Gasteiger partial charge in [0.25, 0.3) is 11.5 Å². The number of rotatable bonds is 8. The van der Waals surface area contributed by atoms with Gasteiger partial charge in [-0.3, -0.25) is 14.2 Å². The number of nitrogens with zero attached hydrogens (tertiary/aromatic N) is 2. The van der Waals surface area contributed by atoms with Crippen LogP contribution >= 0.6 is 23.2 Å². The molecule has 4 rings (SSSR count). The van der Waals surface area contributed by atoms with Crippen LogP contribution in [-0.4, -0.2) is 39.2 Å². The van der Waals surface area contributed by atoms with Crippen LogP contribution in [0.4, 0.5) is 5.69 Å². The van der Waals surface area contributed by atoms with E-state index >= 15 is 0 Å². The zero-order chi connectivity index (χ0) is 28.4. The zero-order valence-electron chi connectivity index (χ0n) is 21.4. The number of aryl methyl sites for hydroxylation is 2. The SMILES string of the molecule is CCc1ccc2c(c1NC)c(=O)n(-c1ccc(C[C@H](NC(=O)c3c(Cl)cccc3Cl)C(=O)O)cc1)c(=O)n2C. The lowest BCUT2D eigenvalue weighted by atomic mass is 10.0. The van der Waals surface area contributed by atoms with Crippen LogP contribution in [0, 0.1) is 0 Å². The Morgan fingerprint density at radius 3 is 2.21 bits per heavy atom. The van der Waals surface area contributed by atoms with E-state index in [4.69, 9.17) is 23.2 Å². The first-order valence-electron chi connectivity index (χ1n) is 12.1. The van der Waals surface area contributed by atoms with Gasteiger partial charge in [-0.1, -0.05) is 54.4 Å². The first kappa shape index (κ1) is 27.9. The smallest absolute Gasteiger partial charge is 0.335 e. The average Bonchev–Trinajstić information content (AvgIpc) is 2.91. The first-order valence-corrected chi connectivity index (χ1v) is 12.9. The number of carbonyl (C=O) groups excluding carboxylic acids is 1. The predicted molar refractivity (Wildman–Crippen MR) is 153 cm³/mol. The Hall–Kier alpha value is -4.08. The van der Waals surface area contributed by atoms with Crippen molar-refractivity contribution in [2.75, 3.05) is 12.4 Å². The molecule has 11 heteroatoms. The molecular weight excluding hydrogens is 543 g/mol. The van der Waals surface area contributed by atoms with Gasteiger partial charge in [-0.15, -0.1) is 0 Å². The van der Waals surface area contributed by atoms with Crippen molar-refractivity contribution in [3.8, 4) is 5.69 Å². The summed E-state index contributed by atoms with van der Waals surface area (Å²) in [5, 5.41) is 15.9. The summed E-state index contributed by atoms with van der Waals surface area (Å²) in [6.07, 6.45) is 0.644. The molecular formula is C28H26Cl2N4O5. The number of fused-ring (bicyclic) bond motifs is 1. The molecule has 0 radical (unpaired) electrons. The number of hydrogen-bond donors (Lipinski definition) is 3. The summed E-state index contributed by atoms with van der Waals surface area (Å²) >= 11 is 12.2. The van der Waals surface area contributed by atoms with Crippen molar-refractivity contribution in [2.45, 2.75) is 25.8 Å². The molecule has 9 nitrogen and oxygen atoms in total. The van der Waals surface area contributed by atoms with Gasteiger partial charge in [-0.25, -0.2) is 14.2 Å². The molecule has 1 atom stereocenters. The van der Waals surface area contributed by atoms with Gasteiger partial charge in [-0.05, 0) is 47.9 Å². The highest BCUT2D eigenvalue weighted by molar-refractivity contribution is 6.39. The fourth-order valence-corrected chi connectivity index (χ4v) is 5.12. The number of carboxylic acids is 1. The van der Waals surface area contributed by atoms with Crippen LogP contribution in [0.5, 0.6) is 0 Å². The minimum atomic E-state index is -1.28. The van der Waals surface area contributed by atoms with Crippen molar-refractivity contribution in [2.24, 2.45) is 7.05 Å². The third kappa shape index (κ3) is 5.28. The minimum absolute atomic E-state index is 0.0128. The lowest BCUT2D eigenvalue weighted by Crippen LogP contribution is -2.42. The maximum Gasteiger partial charge on any atom is 0.335 e. The number of anilines is 1. The molecule has 3 aromatic carbocycles. The van der Waals surface area contributed by atoms with Gasteiger partial charge < -0.3 is 15.7 Å². The maximum atomic E-state index is 13.6. The van der Waals surface area contributed by atoms with Crippen LogP contribution in [0.2, 0.25) is 10.0 Å². The van der Waals surface area contributed by atoms with E-state index in [2.05, 4.69) is 10.6 Å². The summed E-state index contributed by atoms with van der Waals surface area (Å²) in [6, 6.07) is 13.3. The largest absolute Gasteiger partial charge is 0.480 e. The maximum absolute atomic E-state index is 13.6. The van der Waals surface area contributed by atoms with E-state index in [-0.39, 0.29) is 22.0 Å². The number of carbonyl (C=O) groups is 2. The number of aromatic nitrogens is 2. The molecule has 0 bridgehead atoms. The minimum Gasteiger partial charge on any atom is -0.480 e. The summed E-state index contributed by atoms with van der Waals surface area (Å²) in [5.41, 5.74) is 2.02. The van der Waals surface area contributed by atoms with Gasteiger partial charge >= 0.3 is 11.7 Å². The van der Waals surface area contributed by atoms with E-state index in [1.807, 2.05) is 13.0 Å². The van der Waals surface area contributed by atoms with Crippen LogP contribution in [0.25, 0.3) is 16.6 Å². The molecule has 0 spiro atoms. The summed E-state index contributed by atoms with van der Waals surface area (Å²) in [4.78, 5) is 51.4. The lowest BCUT2D eigenvalue weighted by molar-refractivity contribution is -0.139. The highest BCUT2D eigenvalue weighted by Crippen LogP contribution is 2.26.